The molecule has 1 aliphatic carbocycles. The predicted molar refractivity (Wildman–Crippen MR) is 76.2 cm³/mol. The van der Waals surface area contributed by atoms with Crippen LogP contribution in [0.4, 0.5) is 0 Å². The Morgan fingerprint density at radius 1 is 1.22 bits per heavy atom. The highest BCUT2D eigenvalue weighted by atomic mass is 16.5. The predicted octanol–water partition coefficient (Wildman–Crippen LogP) is 3.52. The van der Waals surface area contributed by atoms with Gasteiger partial charge < -0.3 is 10.5 Å². The number of nitrogens with two attached hydrogens (primary N) is 1. The molecule has 100 valence electrons. The van der Waals surface area contributed by atoms with E-state index in [1.165, 1.54) is 42.4 Å². The molecular formula is C16H25NO. The van der Waals surface area contributed by atoms with E-state index in [2.05, 4.69) is 26.0 Å². The molecule has 1 aromatic carbocycles. The van der Waals surface area contributed by atoms with E-state index in [-0.39, 0.29) is 0 Å². The zero-order valence-corrected chi connectivity index (χ0v) is 11.7. The van der Waals surface area contributed by atoms with E-state index in [1.54, 1.807) is 0 Å². The van der Waals surface area contributed by atoms with E-state index in [4.69, 9.17) is 10.5 Å². The van der Waals surface area contributed by atoms with Crippen LogP contribution in [0.15, 0.2) is 12.1 Å². The molecule has 1 aliphatic rings. The van der Waals surface area contributed by atoms with Gasteiger partial charge in [0.25, 0.3) is 0 Å². The summed E-state index contributed by atoms with van der Waals surface area (Å²) in [6.45, 7) is 5.07. The molecular weight excluding hydrogens is 222 g/mol. The molecule has 0 heterocycles. The second-order valence-corrected chi connectivity index (χ2v) is 5.41. The summed E-state index contributed by atoms with van der Waals surface area (Å²) in [6, 6.07) is 4.41. The molecule has 0 spiro atoms. The van der Waals surface area contributed by atoms with Gasteiger partial charge in [0.15, 0.2) is 0 Å². The third kappa shape index (κ3) is 3.05. The summed E-state index contributed by atoms with van der Waals surface area (Å²) in [4.78, 5) is 0. The van der Waals surface area contributed by atoms with Crippen molar-refractivity contribution in [3.05, 3.63) is 28.8 Å². The second-order valence-electron chi connectivity index (χ2n) is 5.41. The summed E-state index contributed by atoms with van der Waals surface area (Å²) < 4.78 is 6.27. The topological polar surface area (TPSA) is 35.2 Å². The molecule has 2 heteroatoms. The van der Waals surface area contributed by atoms with Crippen molar-refractivity contribution in [2.75, 3.05) is 6.54 Å². The first kappa shape index (κ1) is 13.4. The molecule has 1 aromatic rings. The molecule has 2 rings (SSSR count). The largest absolute Gasteiger partial charge is 0.490 e. The van der Waals surface area contributed by atoms with Crippen LogP contribution in [-0.2, 0) is 6.42 Å². The summed E-state index contributed by atoms with van der Waals surface area (Å²) in [5.41, 5.74) is 9.57. The fourth-order valence-electron chi connectivity index (χ4n) is 2.67. The van der Waals surface area contributed by atoms with Crippen molar-refractivity contribution in [1.82, 2.24) is 0 Å². The van der Waals surface area contributed by atoms with Crippen LogP contribution in [0.3, 0.4) is 0 Å². The lowest BCUT2D eigenvalue weighted by Crippen LogP contribution is -2.14. The molecule has 0 aliphatic heterocycles. The normalized spacial score (nSPS) is 16.2. The van der Waals surface area contributed by atoms with Crippen molar-refractivity contribution in [2.24, 2.45) is 5.73 Å². The second kappa shape index (κ2) is 6.24. The number of aryl methyl sites for hydroxylation is 2. The lowest BCUT2D eigenvalue weighted by atomic mass is 10.0. The summed E-state index contributed by atoms with van der Waals surface area (Å²) >= 11 is 0. The van der Waals surface area contributed by atoms with Gasteiger partial charge in [0.1, 0.15) is 5.75 Å². The lowest BCUT2D eigenvalue weighted by molar-refractivity contribution is 0.206. The third-order valence-electron chi connectivity index (χ3n) is 4.00. The Morgan fingerprint density at radius 3 is 2.61 bits per heavy atom. The zero-order valence-electron chi connectivity index (χ0n) is 11.7. The minimum Gasteiger partial charge on any atom is -0.490 e. The number of benzene rings is 1. The highest BCUT2D eigenvalue weighted by Gasteiger charge is 2.19. The lowest BCUT2D eigenvalue weighted by Gasteiger charge is -2.20. The molecule has 0 amide bonds. The van der Waals surface area contributed by atoms with Gasteiger partial charge in [-0.05, 0) is 75.6 Å². The number of rotatable bonds is 5. The monoisotopic (exact) mass is 247 g/mol. The average Bonchev–Trinajstić information content (AvgIpc) is 2.87. The Hall–Kier alpha value is -1.02. The Bertz CT molecular complexity index is 394. The van der Waals surface area contributed by atoms with E-state index in [0.29, 0.717) is 6.10 Å². The molecule has 2 N–H and O–H groups in total. The minimum atomic E-state index is 0.433. The molecule has 0 unspecified atom stereocenters. The van der Waals surface area contributed by atoms with E-state index in [9.17, 15) is 0 Å². The number of ether oxygens (including phenoxy) is 1. The van der Waals surface area contributed by atoms with Gasteiger partial charge in [0.05, 0.1) is 6.10 Å². The van der Waals surface area contributed by atoms with Gasteiger partial charge in [0, 0.05) is 0 Å². The first-order chi connectivity index (χ1) is 8.72. The molecule has 1 fully saturated rings. The first-order valence-electron chi connectivity index (χ1n) is 7.18. The van der Waals surface area contributed by atoms with Crippen LogP contribution in [0.1, 0.15) is 48.8 Å². The zero-order chi connectivity index (χ0) is 13.0. The quantitative estimate of drug-likeness (QED) is 0.864. The van der Waals surface area contributed by atoms with Crippen LogP contribution in [0.25, 0.3) is 0 Å². The van der Waals surface area contributed by atoms with E-state index in [0.717, 1.165) is 25.1 Å². The van der Waals surface area contributed by atoms with Crippen molar-refractivity contribution < 1.29 is 4.74 Å². The van der Waals surface area contributed by atoms with Crippen LogP contribution in [0, 0.1) is 13.8 Å². The number of hydrogen-bond acceptors (Lipinski definition) is 2. The maximum absolute atomic E-state index is 6.27. The van der Waals surface area contributed by atoms with Gasteiger partial charge in [-0.3, -0.25) is 0 Å². The van der Waals surface area contributed by atoms with E-state index >= 15 is 0 Å². The van der Waals surface area contributed by atoms with Crippen molar-refractivity contribution in [3.63, 3.8) is 0 Å². The molecule has 0 radical (unpaired) electrons. The Balaban J connectivity index is 2.19. The third-order valence-corrected chi connectivity index (χ3v) is 4.00. The average molecular weight is 247 g/mol. The van der Waals surface area contributed by atoms with Crippen LogP contribution >= 0.6 is 0 Å². The van der Waals surface area contributed by atoms with Gasteiger partial charge in [0.2, 0.25) is 0 Å². The highest BCUT2D eigenvalue weighted by molar-refractivity contribution is 5.45. The Kier molecular flexibility index (Phi) is 4.65. The molecule has 0 bridgehead atoms. The molecule has 0 saturated heterocycles. The minimum absolute atomic E-state index is 0.433. The summed E-state index contributed by atoms with van der Waals surface area (Å²) in [6.07, 6.45) is 7.54. The Morgan fingerprint density at radius 2 is 1.94 bits per heavy atom. The SMILES string of the molecule is Cc1ccc(CCCN)c(OC2CCCC2)c1C. The standard InChI is InChI=1S/C16H25NO/c1-12-9-10-14(6-5-11-17)16(13(12)2)18-15-7-3-4-8-15/h9-10,15H,3-8,11,17H2,1-2H3. The molecule has 1 saturated carbocycles. The van der Waals surface area contributed by atoms with Crippen LogP contribution in [0.5, 0.6) is 5.75 Å². The molecule has 18 heavy (non-hydrogen) atoms. The van der Waals surface area contributed by atoms with Crippen molar-refractivity contribution in [3.8, 4) is 5.75 Å². The van der Waals surface area contributed by atoms with Crippen LogP contribution in [0.2, 0.25) is 0 Å². The van der Waals surface area contributed by atoms with Gasteiger partial charge in [-0.15, -0.1) is 0 Å². The van der Waals surface area contributed by atoms with Gasteiger partial charge in [-0.25, -0.2) is 0 Å². The number of hydrogen-bond donors (Lipinski definition) is 1. The molecule has 2 nitrogen and oxygen atoms in total. The van der Waals surface area contributed by atoms with E-state index < -0.39 is 0 Å². The van der Waals surface area contributed by atoms with Crippen molar-refractivity contribution in [2.45, 2.75) is 58.5 Å². The molecule has 0 aromatic heterocycles. The maximum atomic E-state index is 6.27. The fourth-order valence-corrected chi connectivity index (χ4v) is 2.67. The summed E-state index contributed by atoms with van der Waals surface area (Å²) in [5.74, 6) is 1.13. The summed E-state index contributed by atoms with van der Waals surface area (Å²) in [7, 11) is 0. The van der Waals surface area contributed by atoms with Gasteiger partial charge in [-0.1, -0.05) is 12.1 Å². The highest BCUT2D eigenvalue weighted by Crippen LogP contribution is 2.31. The molecule has 0 atom stereocenters. The maximum Gasteiger partial charge on any atom is 0.126 e. The smallest absolute Gasteiger partial charge is 0.126 e. The first-order valence-corrected chi connectivity index (χ1v) is 7.18. The van der Waals surface area contributed by atoms with E-state index in [1.807, 2.05) is 0 Å². The van der Waals surface area contributed by atoms with Gasteiger partial charge >= 0.3 is 0 Å². The van der Waals surface area contributed by atoms with Crippen molar-refractivity contribution >= 4 is 0 Å². The Labute approximate surface area is 111 Å². The van der Waals surface area contributed by atoms with Crippen LogP contribution in [-0.4, -0.2) is 12.6 Å². The van der Waals surface area contributed by atoms with Crippen molar-refractivity contribution in [1.29, 1.82) is 0 Å². The van der Waals surface area contributed by atoms with Gasteiger partial charge in [-0.2, -0.15) is 0 Å². The van der Waals surface area contributed by atoms with Crippen LogP contribution < -0.4 is 10.5 Å². The fraction of sp³-hybridized carbons (Fsp3) is 0.625. The summed E-state index contributed by atoms with van der Waals surface area (Å²) in [5, 5.41) is 0.